The third-order valence-electron chi connectivity index (χ3n) is 1.26. The van der Waals surface area contributed by atoms with Gasteiger partial charge in [0.25, 0.3) is 0 Å². The molecule has 0 aliphatic heterocycles. The highest BCUT2D eigenvalue weighted by molar-refractivity contribution is 7.80. The number of hydrogen-bond donors (Lipinski definition) is 1. The Labute approximate surface area is 54.1 Å². The Morgan fingerprint density at radius 3 is 2.25 bits per heavy atom. The topological polar surface area (TPSA) is 13.1 Å². The molecule has 1 rings (SSSR count). The quantitative estimate of drug-likeness (QED) is 0.528. The van der Waals surface area contributed by atoms with Crippen LogP contribution in [-0.4, -0.2) is 0 Å². The highest BCUT2D eigenvalue weighted by Crippen LogP contribution is 2.17. The summed E-state index contributed by atoms with van der Waals surface area (Å²) in [5.74, 6) is 0. The van der Waals surface area contributed by atoms with Crippen molar-refractivity contribution in [3.63, 3.8) is 0 Å². The van der Waals surface area contributed by atoms with Crippen LogP contribution < -0.4 is 0 Å². The van der Waals surface area contributed by atoms with Gasteiger partial charge in [0.1, 0.15) is 0 Å². The second-order valence-corrected chi connectivity index (χ2v) is 2.26. The van der Waals surface area contributed by atoms with Crippen LogP contribution in [0.25, 0.3) is 0 Å². The minimum Gasteiger partial charge on any atom is -0.458 e. The van der Waals surface area contributed by atoms with E-state index in [0.29, 0.717) is 0 Å². The van der Waals surface area contributed by atoms with E-state index in [4.69, 9.17) is 4.42 Å². The van der Waals surface area contributed by atoms with Gasteiger partial charge in [0.05, 0.1) is 6.26 Å². The number of hydrogen-bond acceptors (Lipinski definition) is 2. The molecule has 0 unspecified atom stereocenters. The van der Waals surface area contributed by atoms with Crippen molar-refractivity contribution in [2.24, 2.45) is 0 Å². The lowest BCUT2D eigenvalue weighted by molar-refractivity contribution is 0.472. The lowest BCUT2D eigenvalue weighted by atomic mass is 10.2. The molecule has 0 aromatic carbocycles. The summed E-state index contributed by atoms with van der Waals surface area (Å²) in [6.07, 6.45) is 1.71. The third-order valence-corrected chi connectivity index (χ3v) is 1.70. The molecule has 1 aromatic rings. The van der Waals surface area contributed by atoms with Gasteiger partial charge < -0.3 is 4.42 Å². The minimum absolute atomic E-state index is 0.725. The first-order valence-electron chi connectivity index (χ1n) is 2.45. The Morgan fingerprint density at radius 1 is 1.50 bits per heavy atom. The molecule has 0 N–H and O–H groups in total. The number of furan rings is 1. The van der Waals surface area contributed by atoms with Crippen LogP contribution >= 0.6 is 12.6 Å². The molecule has 0 amide bonds. The molecular weight excluding hydrogens is 120 g/mol. The molecule has 44 valence electrons. The summed E-state index contributed by atoms with van der Waals surface area (Å²) in [6, 6.07) is 0. The van der Waals surface area contributed by atoms with Crippen LogP contribution in [0.2, 0.25) is 0 Å². The van der Waals surface area contributed by atoms with Crippen LogP contribution in [0.3, 0.4) is 0 Å². The highest BCUT2D eigenvalue weighted by Gasteiger charge is 1.98. The zero-order valence-electron chi connectivity index (χ0n) is 4.93. The van der Waals surface area contributed by atoms with E-state index in [1.807, 2.05) is 13.8 Å². The zero-order valence-corrected chi connectivity index (χ0v) is 5.83. The van der Waals surface area contributed by atoms with Gasteiger partial charge in [0.2, 0.25) is 0 Å². The first-order chi connectivity index (χ1) is 3.72. The predicted molar refractivity (Wildman–Crippen MR) is 35.4 cm³/mol. The molecule has 0 saturated heterocycles. The standard InChI is InChI=1S/C6H8OS/c1-4-3-7-6(8)5(4)2/h3,8H,1-2H3. The van der Waals surface area contributed by atoms with Crippen LogP contribution in [0, 0.1) is 13.8 Å². The van der Waals surface area contributed by atoms with Gasteiger partial charge >= 0.3 is 0 Å². The lowest BCUT2D eigenvalue weighted by Crippen LogP contribution is -1.67. The number of thiol groups is 1. The Balaban J connectivity index is 3.19. The van der Waals surface area contributed by atoms with E-state index in [2.05, 4.69) is 12.6 Å². The van der Waals surface area contributed by atoms with E-state index in [-0.39, 0.29) is 0 Å². The molecule has 1 aromatic heterocycles. The van der Waals surface area contributed by atoms with Gasteiger partial charge in [0, 0.05) is 5.56 Å². The zero-order chi connectivity index (χ0) is 6.15. The summed E-state index contributed by atoms with van der Waals surface area (Å²) in [5, 5.41) is 0.725. The van der Waals surface area contributed by atoms with Crippen LogP contribution in [-0.2, 0) is 0 Å². The van der Waals surface area contributed by atoms with Gasteiger partial charge in [0.15, 0.2) is 5.09 Å². The molecule has 0 radical (unpaired) electrons. The van der Waals surface area contributed by atoms with E-state index >= 15 is 0 Å². The van der Waals surface area contributed by atoms with Crippen molar-refractivity contribution in [1.82, 2.24) is 0 Å². The van der Waals surface area contributed by atoms with Crippen LogP contribution in [0.15, 0.2) is 15.8 Å². The second-order valence-electron chi connectivity index (χ2n) is 1.85. The molecule has 8 heavy (non-hydrogen) atoms. The molecule has 1 nitrogen and oxygen atoms in total. The predicted octanol–water partition coefficient (Wildman–Crippen LogP) is 2.19. The van der Waals surface area contributed by atoms with Crippen molar-refractivity contribution in [3.05, 3.63) is 17.4 Å². The summed E-state index contributed by atoms with van der Waals surface area (Å²) in [5.41, 5.74) is 2.29. The Bertz CT molecular complexity index is 171. The van der Waals surface area contributed by atoms with E-state index in [1.54, 1.807) is 6.26 Å². The van der Waals surface area contributed by atoms with Crippen LogP contribution in [0.1, 0.15) is 11.1 Å². The smallest absolute Gasteiger partial charge is 0.160 e. The molecule has 0 spiro atoms. The maximum absolute atomic E-state index is 4.96. The minimum atomic E-state index is 0.725. The van der Waals surface area contributed by atoms with Crippen molar-refractivity contribution in [1.29, 1.82) is 0 Å². The van der Waals surface area contributed by atoms with Crippen molar-refractivity contribution in [2.75, 3.05) is 0 Å². The Kier molecular flexibility index (Phi) is 1.34. The Hall–Kier alpha value is -0.370. The van der Waals surface area contributed by atoms with Crippen molar-refractivity contribution in [3.8, 4) is 0 Å². The van der Waals surface area contributed by atoms with Gasteiger partial charge in [-0.25, -0.2) is 0 Å². The normalized spacial score (nSPS) is 9.88. The summed E-state index contributed by atoms with van der Waals surface area (Å²) in [4.78, 5) is 0. The largest absolute Gasteiger partial charge is 0.458 e. The molecule has 0 bridgehead atoms. The lowest BCUT2D eigenvalue weighted by Gasteiger charge is -1.82. The fourth-order valence-corrected chi connectivity index (χ4v) is 0.719. The summed E-state index contributed by atoms with van der Waals surface area (Å²) in [6.45, 7) is 3.99. The number of rotatable bonds is 0. The third kappa shape index (κ3) is 0.757. The summed E-state index contributed by atoms with van der Waals surface area (Å²) in [7, 11) is 0. The highest BCUT2D eigenvalue weighted by atomic mass is 32.1. The van der Waals surface area contributed by atoms with E-state index in [0.717, 1.165) is 16.2 Å². The molecule has 0 fully saturated rings. The maximum Gasteiger partial charge on any atom is 0.160 e. The van der Waals surface area contributed by atoms with Crippen LogP contribution in [0.4, 0.5) is 0 Å². The monoisotopic (exact) mass is 128 g/mol. The fraction of sp³-hybridized carbons (Fsp3) is 0.333. The van der Waals surface area contributed by atoms with E-state index < -0.39 is 0 Å². The first kappa shape index (κ1) is 5.76. The van der Waals surface area contributed by atoms with Gasteiger partial charge in [-0.3, -0.25) is 0 Å². The molecular formula is C6H8OS. The van der Waals surface area contributed by atoms with Crippen molar-refractivity contribution in [2.45, 2.75) is 18.9 Å². The first-order valence-corrected chi connectivity index (χ1v) is 2.90. The van der Waals surface area contributed by atoms with Gasteiger partial charge in [-0.15, -0.1) is 12.6 Å². The molecule has 0 saturated carbocycles. The van der Waals surface area contributed by atoms with E-state index in [1.165, 1.54) is 0 Å². The van der Waals surface area contributed by atoms with Crippen LogP contribution in [0.5, 0.6) is 0 Å². The maximum atomic E-state index is 4.96. The summed E-state index contributed by atoms with van der Waals surface area (Å²) >= 11 is 4.05. The fourth-order valence-electron chi connectivity index (χ4n) is 0.490. The van der Waals surface area contributed by atoms with Crippen molar-refractivity contribution < 1.29 is 4.42 Å². The average Bonchev–Trinajstić information content (AvgIpc) is 1.98. The molecule has 0 aliphatic carbocycles. The van der Waals surface area contributed by atoms with Gasteiger partial charge in [-0.1, -0.05) is 0 Å². The van der Waals surface area contributed by atoms with Gasteiger partial charge in [-0.2, -0.15) is 0 Å². The molecule has 1 heterocycles. The molecule has 2 heteroatoms. The summed E-state index contributed by atoms with van der Waals surface area (Å²) < 4.78 is 4.96. The van der Waals surface area contributed by atoms with E-state index in [9.17, 15) is 0 Å². The second kappa shape index (κ2) is 1.86. The SMILES string of the molecule is Cc1coc(S)c1C. The average molecular weight is 128 g/mol. The van der Waals surface area contributed by atoms with Crippen molar-refractivity contribution >= 4 is 12.6 Å². The van der Waals surface area contributed by atoms with Gasteiger partial charge in [-0.05, 0) is 19.4 Å². The molecule has 0 atom stereocenters. The molecule has 0 aliphatic rings. The Morgan fingerprint density at radius 2 is 2.12 bits per heavy atom. The number of aryl methyl sites for hydroxylation is 1.